The van der Waals surface area contributed by atoms with Crippen molar-refractivity contribution in [2.75, 3.05) is 0 Å². The number of Topliss-reactive ketones (excluding diaryl/α,β-unsaturated/α-hetero) is 1. The molecule has 0 radical (unpaired) electrons. The van der Waals surface area contributed by atoms with E-state index < -0.39 is 11.5 Å². The summed E-state index contributed by atoms with van der Waals surface area (Å²) < 4.78 is 0. The maximum Gasteiger partial charge on any atom is 0.141 e. The molecule has 1 aliphatic rings. The summed E-state index contributed by atoms with van der Waals surface area (Å²) in [7, 11) is 0. The number of aliphatic hydroxyl groups excluding tert-OH is 1. The minimum Gasteiger partial charge on any atom is -0.392 e. The molecule has 1 aliphatic carbocycles. The van der Waals surface area contributed by atoms with Crippen LogP contribution in [0.25, 0.3) is 0 Å². The number of ketones is 1. The molecule has 0 aromatic heterocycles. The van der Waals surface area contributed by atoms with Gasteiger partial charge in [0.05, 0.1) is 11.5 Å². The number of carbonyl (C=O) groups is 1. The molecule has 0 aromatic carbocycles. The molecule has 0 spiro atoms. The van der Waals surface area contributed by atoms with Crippen LogP contribution in [-0.4, -0.2) is 17.0 Å². The smallest absolute Gasteiger partial charge is 0.141 e. The predicted octanol–water partition coefficient (Wildman–Crippen LogP) is 1.52. The summed E-state index contributed by atoms with van der Waals surface area (Å²) in [6, 6.07) is 0. The molecular formula is C9H16O2. The van der Waals surface area contributed by atoms with Crippen molar-refractivity contribution >= 4 is 5.78 Å². The lowest BCUT2D eigenvalue weighted by molar-refractivity contribution is -0.128. The van der Waals surface area contributed by atoms with Gasteiger partial charge in [-0.25, -0.2) is 0 Å². The second-order valence-corrected chi connectivity index (χ2v) is 3.65. The fourth-order valence-corrected chi connectivity index (χ4v) is 1.88. The van der Waals surface area contributed by atoms with Crippen molar-refractivity contribution < 1.29 is 9.90 Å². The Hall–Kier alpha value is -0.370. The van der Waals surface area contributed by atoms with Gasteiger partial charge in [-0.2, -0.15) is 0 Å². The Morgan fingerprint density at radius 1 is 1.73 bits per heavy atom. The number of hydrogen-bond acceptors (Lipinski definition) is 2. The highest BCUT2D eigenvalue weighted by molar-refractivity contribution is 5.87. The highest BCUT2D eigenvalue weighted by Crippen LogP contribution is 2.38. The Kier molecular flexibility index (Phi) is 2.33. The molecule has 0 aliphatic heterocycles. The summed E-state index contributed by atoms with van der Waals surface area (Å²) in [5.41, 5.74) is -0.422. The van der Waals surface area contributed by atoms with Crippen LogP contribution in [0, 0.1) is 5.41 Å². The van der Waals surface area contributed by atoms with E-state index in [2.05, 4.69) is 0 Å². The summed E-state index contributed by atoms with van der Waals surface area (Å²) in [6.45, 7) is 3.93. The van der Waals surface area contributed by atoms with E-state index in [1.807, 2.05) is 13.8 Å². The first-order valence-electron chi connectivity index (χ1n) is 4.32. The molecule has 1 saturated carbocycles. The van der Waals surface area contributed by atoms with Crippen molar-refractivity contribution in [2.45, 2.75) is 45.6 Å². The Bertz CT molecular complexity index is 165. The van der Waals surface area contributed by atoms with E-state index in [-0.39, 0.29) is 5.78 Å². The fourth-order valence-electron chi connectivity index (χ4n) is 1.88. The van der Waals surface area contributed by atoms with Crippen LogP contribution in [0.1, 0.15) is 39.5 Å². The van der Waals surface area contributed by atoms with Crippen LogP contribution in [0.2, 0.25) is 0 Å². The molecule has 0 heterocycles. The van der Waals surface area contributed by atoms with Crippen molar-refractivity contribution in [1.82, 2.24) is 0 Å². The molecule has 0 bridgehead atoms. The zero-order valence-corrected chi connectivity index (χ0v) is 7.26. The SMILES string of the molecule is CCC[C@]1(C)C(=O)CC[C@@H]1O. The van der Waals surface area contributed by atoms with Crippen molar-refractivity contribution in [3.63, 3.8) is 0 Å². The van der Waals surface area contributed by atoms with Gasteiger partial charge in [0.25, 0.3) is 0 Å². The van der Waals surface area contributed by atoms with Crippen LogP contribution >= 0.6 is 0 Å². The zero-order chi connectivity index (χ0) is 8.48. The normalized spacial score (nSPS) is 38.1. The molecule has 1 N–H and O–H groups in total. The van der Waals surface area contributed by atoms with Crippen LogP contribution in [0.5, 0.6) is 0 Å². The van der Waals surface area contributed by atoms with Gasteiger partial charge in [-0.1, -0.05) is 20.3 Å². The molecule has 11 heavy (non-hydrogen) atoms. The van der Waals surface area contributed by atoms with E-state index in [0.717, 1.165) is 12.8 Å². The molecule has 0 aromatic rings. The summed E-state index contributed by atoms with van der Waals surface area (Å²) in [5.74, 6) is 0.242. The van der Waals surface area contributed by atoms with Gasteiger partial charge in [0, 0.05) is 6.42 Å². The van der Waals surface area contributed by atoms with Gasteiger partial charge >= 0.3 is 0 Å². The summed E-state index contributed by atoms with van der Waals surface area (Å²) in [5, 5.41) is 9.53. The predicted molar refractivity (Wildman–Crippen MR) is 43.3 cm³/mol. The first kappa shape index (κ1) is 8.72. The van der Waals surface area contributed by atoms with E-state index in [0.29, 0.717) is 12.8 Å². The number of hydrogen-bond donors (Lipinski definition) is 1. The monoisotopic (exact) mass is 156 g/mol. The number of rotatable bonds is 2. The van der Waals surface area contributed by atoms with Gasteiger partial charge in [0.1, 0.15) is 5.78 Å². The quantitative estimate of drug-likeness (QED) is 0.658. The Morgan fingerprint density at radius 2 is 2.36 bits per heavy atom. The Labute approximate surface area is 67.6 Å². The van der Waals surface area contributed by atoms with Crippen LogP contribution in [0.4, 0.5) is 0 Å². The van der Waals surface area contributed by atoms with Crippen molar-refractivity contribution in [1.29, 1.82) is 0 Å². The Morgan fingerprint density at radius 3 is 2.73 bits per heavy atom. The van der Waals surface area contributed by atoms with Gasteiger partial charge in [0.15, 0.2) is 0 Å². The number of aliphatic hydroxyl groups is 1. The maximum absolute atomic E-state index is 11.3. The highest BCUT2D eigenvalue weighted by atomic mass is 16.3. The summed E-state index contributed by atoms with van der Waals surface area (Å²) in [6.07, 6.45) is 2.63. The molecule has 0 saturated heterocycles. The highest BCUT2D eigenvalue weighted by Gasteiger charge is 2.43. The van der Waals surface area contributed by atoms with E-state index >= 15 is 0 Å². The largest absolute Gasteiger partial charge is 0.392 e. The fraction of sp³-hybridized carbons (Fsp3) is 0.889. The first-order valence-corrected chi connectivity index (χ1v) is 4.32. The molecule has 1 fully saturated rings. The van der Waals surface area contributed by atoms with Crippen molar-refractivity contribution in [2.24, 2.45) is 5.41 Å². The second-order valence-electron chi connectivity index (χ2n) is 3.65. The van der Waals surface area contributed by atoms with Crippen LogP contribution in [-0.2, 0) is 4.79 Å². The molecular weight excluding hydrogens is 140 g/mol. The van der Waals surface area contributed by atoms with Crippen molar-refractivity contribution in [3.05, 3.63) is 0 Å². The lowest BCUT2D eigenvalue weighted by Gasteiger charge is -2.25. The van der Waals surface area contributed by atoms with E-state index in [4.69, 9.17) is 0 Å². The maximum atomic E-state index is 11.3. The van der Waals surface area contributed by atoms with Crippen LogP contribution in [0.15, 0.2) is 0 Å². The summed E-state index contributed by atoms with van der Waals surface area (Å²) in [4.78, 5) is 11.3. The molecule has 0 unspecified atom stereocenters. The van der Waals surface area contributed by atoms with Crippen LogP contribution in [0.3, 0.4) is 0 Å². The minimum atomic E-state index is -0.422. The van der Waals surface area contributed by atoms with E-state index in [1.165, 1.54) is 0 Å². The van der Waals surface area contributed by atoms with E-state index in [9.17, 15) is 9.90 Å². The van der Waals surface area contributed by atoms with Crippen molar-refractivity contribution in [3.8, 4) is 0 Å². The first-order chi connectivity index (χ1) is 5.11. The molecule has 2 heteroatoms. The lowest BCUT2D eigenvalue weighted by atomic mass is 9.81. The third kappa shape index (κ3) is 1.32. The molecule has 0 amide bonds. The molecule has 1 rings (SSSR count). The standard InChI is InChI=1S/C9H16O2/c1-3-6-9(2)7(10)4-5-8(9)11/h7,10H,3-6H2,1-2H3/t7-,9-/m0/s1. The van der Waals surface area contributed by atoms with Gasteiger partial charge in [0.2, 0.25) is 0 Å². The molecule has 2 atom stereocenters. The lowest BCUT2D eigenvalue weighted by Crippen LogP contribution is -2.32. The van der Waals surface area contributed by atoms with Gasteiger partial charge in [-0.15, -0.1) is 0 Å². The average Bonchev–Trinajstić information content (AvgIpc) is 2.19. The summed E-state index contributed by atoms with van der Waals surface area (Å²) >= 11 is 0. The molecule has 2 nitrogen and oxygen atoms in total. The van der Waals surface area contributed by atoms with E-state index in [1.54, 1.807) is 0 Å². The van der Waals surface area contributed by atoms with Gasteiger partial charge in [-0.3, -0.25) is 4.79 Å². The van der Waals surface area contributed by atoms with Gasteiger partial charge in [-0.05, 0) is 12.8 Å². The topological polar surface area (TPSA) is 37.3 Å². The molecule has 64 valence electrons. The van der Waals surface area contributed by atoms with Gasteiger partial charge < -0.3 is 5.11 Å². The zero-order valence-electron chi connectivity index (χ0n) is 7.26. The minimum absolute atomic E-state index is 0.242. The second kappa shape index (κ2) is 2.94. The Balaban J connectivity index is 2.71. The average molecular weight is 156 g/mol. The number of carbonyl (C=O) groups excluding carboxylic acids is 1. The third-order valence-electron chi connectivity index (χ3n) is 2.79. The third-order valence-corrected chi connectivity index (χ3v) is 2.79. The van der Waals surface area contributed by atoms with Crippen LogP contribution < -0.4 is 0 Å².